The second-order valence-corrected chi connectivity index (χ2v) is 4.96. The van der Waals surface area contributed by atoms with Gasteiger partial charge in [0.05, 0.1) is 19.8 Å². The number of amides is 1. The maximum atomic E-state index is 12.6. The Labute approximate surface area is 136 Å². The molecular formula is C18H22N2O3. The molecule has 23 heavy (non-hydrogen) atoms. The molecule has 2 N–H and O–H groups in total. The van der Waals surface area contributed by atoms with Crippen LogP contribution in [0, 0.1) is 0 Å². The molecule has 0 aliphatic rings. The molecular weight excluding hydrogens is 292 g/mol. The van der Waals surface area contributed by atoms with Crippen molar-refractivity contribution in [1.29, 1.82) is 0 Å². The van der Waals surface area contributed by atoms with Crippen molar-refractivity contribution in [1.82, 2.24) is 5.32 Å². The van der Waals surface area contributed by atoms with E-state index in [0.717, 1.165) is 17.8 Å². The van der Waals surface area contributed by atoms with Crippen LogP contribution in [0.25, 0.3) is 0 Å². The Morgan fingerprint density at radius 3 is 2.57 bits per heavy atom. The van der Waals surface area contributed by atoms with E-state index < -0.39 is 0 Å². The van der Waals surface area contributed by atoms with E-state index in [1.807, 2.05) is 31.2 Å². The Morgan fingerprint density at radius 1 is 1.09 bits per heavy atom. The van der Waals surface area contributed by atoms with E-state index in [1.54, 1.807) is 25.3 Å². The summed E-state index contributed by atoms with van der Waals surface area (Å²) in [5.74, 6) is 0.908. The molecule has 5 heteroatoms. The molecule has 0 heterocycles. The number of hydrogen-bond acceptors (Lipinski definition) is 4. The third-order valence-electron chi connectivity index (χ3n) is 3.48. The highest BCUT2D eigenvalue weighted by molar-refractivity contribution is 6.06. The van der Waals surface area contributed by atoms with Crippen LogP contribution in [0.5, 0.6) is 11.5 Å². The number of benzene rings is 2. The van der Waals surface area contributed by atoms with Crippen molar-refractivity contribution in [3.63, 3.8) is 0 Å². The predicted octanol–water partition coefficient (Wildman–Crippen LogP) is 3.07. The number of ether oxygens (including phenoxy) is 2. The highest BCUT2D eigenvalue weighted by Gasteiger charge is 2.14. The van der Waals surface area contributed by atoms with Crippen LogP contribution in [0.3, 0.4) is 0 Å². The average Bonchev–Trinajstić information content (AvgIpc) is 2.60. The molecule has 1 amide bonds. The van der Waals surface area contributed by atoms with Crippen LogP contribution in [0.4, 0.5) is 5.69 Å². The fourth-order valence-electron chi connectivity index (χ4n) is 2.23. The van der Waals surface area contributed by atoms with E-state index in [4.69, 9.17) is 9.47 Å². The van der Waals surface area contributed by atoms with Crippen molar-refractivity contribution < 1.29 is 14.3 Å². The van der Waals surface area contributed by atoms with E-state index >= 15 is 0 Å². The summed E-state index contributed by atoms with van der Waals surface area (Å²) in [6.07, 6.45) is 0. The van der Waals surface area contributed by atoms with Crippen LogP contribution in [0.2, 0.25) is 0 Å². The summed E-state index contributed by atoms with van der Waals surface area (Å²) in [4.78, 5) is 12.6. The topological polar surface area (TPSA) is 59.6 Å². The van der Waals surface area contributed by atoms with Gasteiger partial charge in [-0.1, -0.05) is 25.1 Å². The van der Waals surface area contributed by atoms with Crippen molar-refractivity contribution in [3.8, 4) is 11.5 Å². The van der Waals surface area contributed by atoms with Crippen LogP contribution in [0.1, 0.15) is 22.8 Å². The van der Waals surface area contributed by atoms with E-state index in [-0.39, 0.29) is 5.91 Å². The van der Waals surface area contributed by atoms with Crippen molar-refractivity contribution in [3.05, 3.63) is 53.6 Å². The fraction of sp³-hybridized carbons (Fsp3) is 0.278. The number of hydrogen-bond donors (Lipinski definition) is 2. The van der Waals surface area contributed by atoms with Gasteiger partial charge in [-0.3, -0.25) is 4.79 Å². The van der Waals surface area contributed by atoms with Gasteiger partial charge in [-0.15, -0.1) is 0 Å². The number of methoxy groups -OCH3 is 2. The summed E-state index contributed by atoms with van der Waals surface area (Å²) in [6.45, 7) is 3.62. The molecule has 0 saturated carbocycles. The quantitative estimate of drug-likeness (QED) is 0.824. The largest absolute Gasteiger partial charge is 0.497 e. The molecule has 0 aromatic heterocycles. The minimum atomic E-state index is -0.214. The van der Waals surface area contributed by atoms with Gasteiger partial charge >= 0.3 is 0 Å². The SMILES string of the molecule is CCNCc1ccccc1NC(=O)c1ccc(OC)cc1OC. The van der Waals surface area contributed by atoms with Crippen LogP contribution in [-0.2, 0) is 6.54 Å². The molecule has 0 radical (unpaired) electrons. The highest BCUT2D eigenvalue weighted by atomic mass is 16.5. The van der Waals surface area contributed by atoms with Crippen LogP contribution in [0.15, 0.2) is 42.5 Å². The first kappa shape index (κ1) is 16.8. The van der Waals surface area contributed by atoms with E-state index in [2.05, 4.69) is 10.6 Å². The van der Waals surface area contributed by atoms with Gasteiger partial charge in [0.1, 0.15) is 11.5 Å². The summed E-state index contributed by atoms with van der Waals surface area (Å²) in [5.41, 5.74) is 2.29. The van der Waals surface area contributed by atoms with E-state index in [9.17, 15) is 4.79 Å². The van der Waals surface area contributed by atoms with E-state index in [1.165, 1.54) is 7.11 Å². The normalized spacial score (nSPS) is 10.2. The highest BCUT2D eigenvalue weighted by Crippen LogP contribution is 2.26. The molecule has 0 fully saturated rings. The first-order chi connectivity index (χ1) is 11.2. The molecule has 0 saturated heterocycles. The lowest BCUT2D eigenvalue weighted by Gasteiger charge is -2.13. The molecule has 0 unspecified atom stereocenters. The number of para-hydroxylation sites is 1. The van der Waals surface area contributed by atoms with Gasteiger partial charge in [-0.05, 0) is 30.3 Å². The third-order valence-corrected chi connectivity index (χ3v) is 3.48. The summed E-state index contributed by atoms with van der Waals surface area (Å²) >= 11 is 0. The predicted molar refractivity (Wildman–Crippen MR) is 91.3 cm³/mol. The van der Waals surface area contributed by atoms with Crippen LogP contribution < -0.4 is 20.1 Å². The molecule has 122 valence electrons. The molecule has 0 bridgehead atoms. The lowest BCUT2D eigenvalue weighted by atomic mass is 10.1. The summed E-state index contributed by atoms with van der Waals surface area (Å²) in [6, 6.07) is 12.9. The first-order valence-corrected chi connectivity index (χ1v) is 7.51. The van der Waals surface area contributed by atoms with Crippen molar-refractivity contribution in [2.75, 3.05) is 26.1 Å². The molecule has 0 aliphatic carbocycles. The van der Waals surface area contributed by atoms with Gasteiger partial charge < -0.3 is 20.1 Å². The second-order valence-electron chi connectivity index (χ2n) is 4.96. The van der Waals surface area contributed by atoms with Gasteiger partial charge in [0.25, 0.3) is 5.91 Å². The lowest BCUT2D eigenvalue weighted by Crippen LogP contribution is -2.17. The number of rotatable bonds is 7. The molecule has 0 spiro atoms. The average molecular weight is 314 g/mol. The van der Waals surface area contributed by atoms with Crippen molar-refractivity contribution >= 4 is 11.6 Å². The standard InChI is InChI=1S/C18H22N2O3/c1-4-19-12-13-7-5-6-8-16(13)20-18(21)15-10-9-14(22-2)11-17(15)23-3/h5-11,19H,4,12H2,1-3H3,(H,20,21). The van der Waals surface area contributed by atoms with Gasteiger partial charge in [-0.2, -0.15) is 0 Å². The van der Waals surface area contributed by atoms with Gasteiger partial charge in [0, 0.05) is 18.3 Å². The third kappa shape index (κ3) is 4.23. The lowest BCUT2D eigenvalue weighted by molar-refractivity contribution is 0.102. The number of anilines is 1. The van der Waals surface area contributed by atoms with Crippen molar-refractivity contribution in [2.24, 2.45) is 0 Å². The molecule has 2 rings (SSSR count). The number of carbonyl (C=O) groups excluding carboxylic acids is 1. The molecule has 0 atom stereocenters. The van der Waals surface area contributed by atoms with Crippen molar-refractivity contribution in [2.45, 2.75) is 13.5 Å². The molecule has 2 aromatic rings. The maximum Gasteiger partial charge on any atom is 0.259 e. The molecule has 5 nitrogen and oxygen atoms in total. The van der Waals surface area contributed by atoms with E-state index in [0.29, 0.717) is 23.6 Å². The number of carbonyl (C=O) groups is 1. The molecule has 2 aromatic carbocycles. The minimum absolute atomic E-state index is 0.214. The zero-order valence-electron chi connectivity index (χ0n) is 13.7. The maximum absolute atomic E-state index is 12.6. The van der Waals surface area contributed by atoms with Crippen LogP contribution in [-0.4, -0.2) is 26.7 Å². The Morgan fingerprint density at radius 2 is 1.87 bits per heavy atom. The zero-order chi connectivity index (χ0) is 16.7. The number of nitrogens with one attached hydrogen (secondary N) is 2. The smallest absolute Gasteiger partial charge is 0.259 e. The van der Waals surface area contributed by atoms with Gasteiger partial charge in [0.2, 0.25) is 0 Å². The monoisotopic (exact) mass is 314 g/mol. The first-order valence-electron chi connectivity index (χ1n) is 7.51. The van der Waals surface area contributed by atoms with Gasteiger partial charge in [0.15, 0.2) is 0 Å². The minimum Gasteiger partial charge on any atom is -0.497 e. The Bertz CT molecular complexity index is 671. The summed E-state index contributed by atoms with van der Waals surface area (Å²) in [7, 11) is 3.11. The summed E-state index contributed by atoms with van der Waals surface area (Å²) in [5, 5.41) is 6.21. The summed E-state index contributed by atoms with van der Waals surface area (Å²) < 4.78 is 10.4. The Kier molecular flexibility index (Phi) is 6.00. The fourth-order valence-corrected chi connectivity index (χ4v) is 2.23. The second kappa shape index (κ2) is 8.19. The molecule has 0 aliphatic heterocycles. The van der Waals surface area contributed by atoms with Gasteiger partial charge in [-0.25, -0.2) is 0 Å². The Balaban J connectivity index is 2.22. The Hall–Kier alpha value is -2.53. The van der Waals surface area contributed by atoms with Crippen LogP contribution >= 0.6 is 0 Å². The zero-order valence-corrected chi connectivity index (χ0v) is 13.7.